The Balaban J connectivity index is 0.00000196. The number of amides is 1. The number of benzene rings is 2. The number of hydrogen-bond donors (Lipinski definition) is 2. The van der Waals surface area contributed by atoms with E-state index in [-0.39, 0.29) is 36.8 Å². The first-order valence-electron chi connectivity index (χ1n) is 9.54. The van der Waals surface area contributed by atoms with Gasteiger partial charge in [-0.25, -0.2) is 0 Å². The number of nitrogens with one attached hydrogen (secondary N) is 1. The van der Waals surface area contributed by atoms with Gasteiger partial charge in [0.2, 0.25) is 5.91 Å². The van der Waals surface area contributed by atoms with Crippen molar-refractivity contribution in [2.24, 2.45) is 11.7 Å². The minimum Gasteiger partial charge on any atom is -0.356 e. The minimum atomic E-state index is -0.234. The van der Waals surface area contributed by atoms with Crippen LogP contribution in [-0.2, 0) is 11.2 Å². The van der Waals surface area contributed by atoms with E-state index in [9.17, 15) is 4.79 Å². The van der Waals surface area contributed by atoms with Gasteiger partial charge >= 0.3 is 0 Å². The topological polar surface area (TPSA) is 58.4 Å². The molecule has 0 radical (unpaired) electrons. The molecule has 28 heavy (non-hydrogen) atoms. The van der Waals surface area contributed by atoms with Crippen LogP contribution in [0.5, 0.6) is 0 Å². The molecule has 1 aliphatic rings. The highest BCUT2D eigenvalue weighted by molar-refractivity contribution is 5.85. The van der Waals surface area contributed by atoms with Gasteiger partial charge in [0.1, 0.15) is 0 Å². The molecule has 0 aromatic heterocycles. The first kappa shape index (κ1) is 24.4. The van der Waals surface area contributed by atoms with E-state index >= 15 is 0 Å². The van der Waals surface area contributed by atoms with Crippen molar-refractivity contribution in [3.8, 4) is 0 Å². The number of hydrogen-bond acceptors (Lipinski definition) is 3. The third-order valence-electron chi connectivity index (χ3n) is 5.15. The van der Waals surface area contributed by atoms with E-state index in [0.717, 1.165) is 44.6 Å². The molecule has 6 heteroatoms. The SMILES string of the molecule is Cl.Cl.NC(CC(=O)NCC1CCN(CCc2ccccc2)C1)c1ccccc1. The van der Waals surface area contributed by atoms with Crippen molar-refractivity contribution in [2.75, 3.05) is 26.2 Å². The van der Waals surface area contributed by atoms with Crippen molar-refractivity contribution in [1.29, 1.82) is 0 Å². The molecule has 1 aliphatic heterocycles. The molecule has 2 aromatic rings. The lowest BCUT2D eigenvalue weighted by Gasteiger charge is -2.17. The van der Waals surface area contributed by atoms with Crippen LogP contribution in [0.1, 0.15) is 30.0 Å². The van der Waals surface area contributed by atoms with E-state index in [0.29, 0.717) is 12.3 Å². The summed E-state index contributed by atoms with van der Waals surface area (Å²) in [6.45, 7) is 4.03. The molecular formula is C22H31Cl2N3O. The molecule has 2 atom stereocenters. The van der Waals surface area contributed by atoms with Crippen LogP contribution in [0, 0.1) is 5.92 Å². The zero-order valence-electron chi connectivity index (χ0n) is 16.1. The first-order chi connectivity index (χ1) is 12.7. The number of nitrogens with two attached hydrogens (primary N) is 1. The standard InChI is InChI=1S/C22H29N3O.2ClH/c23-21(20-9-5-2-6-10-20)15-22(26)24-16-19-12-14-25(17-19)13-11-18-7-3-1-4-8-18;;/h1-10,19,21H,11-17,23H2,(H,24,26);2*1H. The monoisotopic (exact) mass is 423 g/mol. The highest BCUT2D eigenvalue weighted by Gasteiger charge is 2.22. The molecule has 1 amide bonds. The molecule has 154 valence electrons. The molecule has 1 saturated heterocycles. The van der Waals surface area contributed by atoms with Crippen LogP contribution in [0.4, 0.5) is 0 Å². The minimum absolute atomic E-state index is 0. The van der Waals surface area contributed by atoms with E-state index in [2.05, 4.69) is 40.5 Å². The molecule has 2 aromatic carbocycles. The lowest BCUT2D eigenvalue weighted by Crippen LogP contribution is -2.33. The fourth-order valence-electron chi connectivity index (χ4n) is 3.56. The predicted molar refractivity (Wildman–Crippen MR) is 120 cm³/mol. The highest BCUT2D eigenvalue weighted by atomic mass is 35.5. The summed E-state index contributed by atoms with van der Waals surface area (Å²) in [6.07, 6.45) is 2.58. The van der Waals surface area contributed by atoms with E-state index < -0.39 is 0 Å². The fourth-order valence-corrected chi connectivity index (χ4v) is 3.56. The summed E-state index contributed by atoms with van der Waals surface area (Å²) >= 11 is 0. The summed E-state index contributed by atoms with van der Waals surface area (Å²) in [5.41, 5.74) is 8.53. The van der Waals surface area contributed by atoms with Gasteiger partial charge in [0.05, 0.1) is 0 Å². The average Bonchev–Trinajstić information content (AvgIpc) is 3.14. The second-order valence-corrected chi connectivity index (χ2v) is 7.22. The van der Waals surface area contributed by atoms with E-state index in [1.54, 1.807) is 0 Å². The van der Waals surface area contributed by atoms with Crippen molar-refractivity contribution >= 4 is 30.7 Å². The van der Waals surface area contributed by atoms with Gasteiger partial charge in [-0.3, -0.25) is 4.79 Å². The molecule has 0 saturated carbocycles. The normalized spacial score (nSPS) is 17.2. The second-order valence-electron chi connectivity index (χ2n) is 7.22. The van der Waals surface area contributed by atoms with Crippen molar-refractivity contribution in [3.63, 3.8) is 0 Å². The first-order valence-corrected chi connectivity index (χ1v) is 9.54. The molecule has 2 unspecified atom stereocenters. The predicted octanol–water partition coefficient (Wildman–Crippen LogP) is 3.60. The van der Waals surface area contributed by atoms with Gasteiger partial charge in [0.15, 0.2) is 0 Å². The Bertz CT molecular complexity index is 685. The van der Waals surface area contributed by atoms with Gasteiger partial charge in [-0.1, -0.05) is 60.7 Å². The van der Waals surface area contributed by atoms with Crippen LogP contribution in [0.15, 0.2) is 60.7 Å². The number of halogens is 2. The van der Waals surface area contributed by atoms with Crippen molar-refractivity contribution in [1.82, 2.24) is 10.2 Å². The molecular weight excluding hydrogens is 393 g/mol. The molecule has 0 spiro atoms. The summed E-state index contributed by atoms with van der Waals surface area (Å²) < 4.78 is 0. The van der Waals surface area contributed by atoms with Gasteiger partial charge in [0.25, 0.3) is 0 Å². The zero-order valence-corrected chi connectivity index (χ0v) is 17.8. The number of likely N-dealkylation sites (tertiary alicyclic amines) is 1. The maximum Gasteiger partial charge on any atom is 0.221 e. The molecule has 3 rings (SSSR count). The Morgan fingerprint density at radius 3 is 2.39 bits per heavy atom. The largest absolute Gasteiger partial charge is 0.356 e. The van der Waals surface area contributed by atoms with Crippen molar-refractivity contribution in [3.05, 3.63) is 71.8 Å². The summed E-state index contributed by atoms with van der Waals surface area (Å²) in [5, 5.41) is 3.07. The Labute approximate surface area is 180 Å². The van der Waals surface area contributed by atoms with Crippen LogP contribution in [0.2, 0.25) is 0 Å². The van der Waals surface area contributed by atoms with E-state index in [1.165, 1.54) is 5.56 Å². The van der Waals surface area contributed by atoms with Crippen LogP contribution < -0.4 is 11.1 Å². The summed E-state index contributed by atoms with van der Waals surface area (Å²) in [5.74, 6) is 0.590. The Hall–Kier alpha value is -1.59. The van der Waals surface area contributed by atoms with Crippen LogP contribution >= 0.6 is 24.8 Å². The highest BCUT2D eigenvalue weighted by Crippen LogP contribution is 2.17. The third kappa shape index (κ3) is 7.80. The zero-order chi connectivity index (χ0) is 18.2. The maximum absolute atomic E-state index is 12.2. The van der Waals surface area contributed by atoms with Crippen LogP contribution in [0.3, 0.4) is 0 Å². The molecule has 0 aliphatic carbocycles. The fraction of sp³-hybridized carbons (Fsp3) is 0.409. The van der Waals surface area contributed by atoms with E-state index in [1.807, 2.05) is 30.3 Å². The lowest BCUT2D eigenvalue weighted by atomic mass is 10.0. The summed E-state index contributed by atoms with van der Waals surface area (Å²) in [7, 11) is 0. The lowest BCUT2D eigenvalue weighted by molar-refractivity contribution is -0.121. The second kappa shape index (κ2) is 12.8. The van der Waals surface area contributed by atoms with Gasteiger partial charge in [-0.15, -0.1) is 24.8 Å². The quantitative estimate of drug-likeness (QED) is 0.681. The molecule has 4 nitrogen and oxygen atoms in total. The van der Waals surface area contributed by atoms with Gasteiger partial charge in [0, 0.05) is 32.1 Å². The molecule has 1 fully saturated rings. The Morgan fingerprint density at radius 1 is 1.07 bits per heavy atom. The third-order valence-corrected chi connectivity index (χ3v) is 5.15. The van der Waals surface area contributed by atoms with Crippen LogP contribution in [-0.4, -0.2) is 37.0 Å². The van der Waals surface area contributed by atoms with E-state index in [4.69, 9.17) is 5.73 Å². The average molecular weight is 424 g/mol. The Kier molecular flexibility index (Phi) is 11.2. The molecule has 0 bridgehead atoms. The van der Waals surface area contributed by atoms with Gasteiger partial charge in [-0.2, -0.15) is 0 Å². The maximum atomic E-state index is 12.2. The molecule has 3 N–H and O–H groups in total. The van der Waals surface area contributed by atoms with Crippen molar-refractivity contribution in [2.45, 2.75) is 25.3 Å². The summed E-state index contributed by atoms with van der Waals surface area (Å²) in [6, 6.07) is 20.2. The number of rotatable bonds is 8. The Morgan fingerprint density at radius 2 is 1.71 bits per heavy atom. The number of carbonyl (C=O) groups is 1. The summed E-state index contributed by atoms with van der Waals surface area (Å²) in [4.78, 5) is 14.7. The number of carbonyl (C=O) groups excluding carboxylic acids is 1. The smallest absolute Gasteiger partial charge is 0.221 e. The van der Waals surface area contributed by atoms with Crippen LogP contribution in [0.25, 0.3) is 0 Å². The van der Waals surface area contributed by atoms with Gasteiger partial charge < -0.3 is 16.0 Å². The molecule has 1 heterocycles. The van der Waals surface area contributed by atoms with Crippen molar-refractivity contribution < 1.29 is 4.79 Å². The van der Waals surface area contributed by atoms with Gasteiger partial charge in [-0.05, 0) is 36.4 Å². The number of nitrogens with zero attached hydrogens (tertiary/aromatic N) is 1.